The van der Waals surface area contributed by atoms with Crippen LogP contribution in [0, 0.1) is 0 Å². The van der Waals surface area contributed by atoms with Gasteiger partial charge in [-0.2, -0.15) is 5.10 Å². The van der Waals surface area contributed by atoms with Crippen LogP contribution in [-0.2, 0) is 7.05 Å². The average Bonchev–Trinajstić information content (AvgIpc) is 3.06. The van der Waals surface area contributed by atoms with Crippen molar-refractivity contribution in [2.24, 2.45) is 7.05 Å². The maximum Gasteiger partial charge on any atom is 0.261 e. The van der Waals surface area contributed by atoms with Crippen LogP contribution >= 0.6 is 0 Å². The summed E-state index contributed by atoms with van der Waals surface area (Å²) in [6, 6.07) is 13.1. The molecule has 0 radical (unpaired) electrons. The normalized spacial score (nSPS) is 11.2. The van der Waals surface area contributed by atoms with Crippen molar-refractivity contribution in [1.82, 2.24) is 19.2 Å². The molecule has 0 spiro atoms. The predicted molar refractivity (Wildman–Crippen MR) is 92.3 cm³/mol. The van der Waals surface area contributed by atoms with Crippen LogP contribution in [0.25, 0.3) is 27.8 Å². The molecular weight excluding hydrogens is 304 g/mol. The van der Waals surface area contributed by atoms with Gasteiger partial charge >= 0.3 is 0 Å². The minimum Gasteiger partial charge on any atom is -0.478 e. The highest BCUT2D eigenvalue weighted by molar-refractivity contribution is 5.81. The smallest absolute Gasteiger partial charge is 0.261 e. The van der Waals surface area contributed by atoms with E-state index in [-0.39, 0.29) is 5.56 Å². The lowest BCUT2D eigenvalue weighted by Crippen LogP contribution is -2.19. The molecule has 0 bridgehead atoms. The first kappa shape index (κ1) is 14.4. The van der Waals surface area contributed by atoms with Crippen molar-refractivity contribution in [3.63, 3.8) is 0 Å². The van der Waals surface area contributed by atoms with Gasteiger partial charge in [-0.1, -0.05) is 12.1 Å². The van der Waals surface area contributed by atoms with E-state index < -0.39 is 0 Å². The van der Waals surface area contributed by atoms with Crippen LogP contribution in [0.3, 0.4) is 0 Å². The maximum atomic E-state index is 12.5. The van der Waals surface area contributed by atoms with Gasteiger partial charge in [-0.15, -0.1) is 0 Å². The standard InChI is InChI=1S/C18H16N4O2/c1-3-24-16-10-12(8-9-19-16)14-11-17-21(2)18(23)13-6-4-5-7-15(13)22(17)20-14/h4-11H,3H2,1-2H3. The number of benzene rings is 1. The summed E-state index contributed by atoms with van der Waals surface area (Å²) in [5, 5.41) is 5.33. The maximum absolute atomic E-state index is 12.5. The molecule has 0 saturated carbocycles. The molecule has 6 nitrogen and oxygen atoms in total. The van der Waals surface area contributed by atoms with E-state index in [1.54, 1.807) is 22.3 Å². The van der Waals surface area contributed by atoms with Crippen molar-refractivity contribution >= 4 is 16.6 Å². The molecule has 0 aliphatic heterocycles. The molecule has 0 aliphatic rings. The molecule has 4 aromatic rings. The van der Waals surface area contributed by atoms with Gasteiger partial charge in [0.15, 0.2) is 0 Å². The van der Waals surface area contributed by atoms with E-state index in [1.165, 1.54) is 0 Å². The van der Waals surface area contributed by atoms with E-state index in [2.05, 4.69) is 10.1 Å². The Morgan fingerprint density at radius 2 is 2.00 bits per heavy atom. The molecule has 4 rings (SSSR count). The summed E-state index contributed by atoms with van der Waals surface area (Å²) in [5.74, 6) is 0.561. The van der Waals surface area contributed by atoms with Crippen molar-refractivity contribution in [3.8, 4) is 17.1 Å². The Morgan fingerprint density at radius 3 is 2.83 bits per heavy atom. The highest BCUT2D eigenvalue weighted by atomic mass is 16.5. The Labute approximate surface area is 137 Å². The summed E-state index contributed by atoms with van der Waals surface area (Å²) in [7, 11) is 1.76. The molecule has 1 aromatic carbocycles. The zero-order chi connectivity index (χ0) is 16.7. The lowest BCUT2D eigenvalue weighted by molar-refractivity contribution is 0.327. The number of nitrogens with zero attached hydrogens (tertiary/aromatic N) is 4. The van der Waals surface area contributed by atoms with Crippen molar-refractivity contribution in [2.45, 2.75) is 6.92 Å². The molecule has 0 N–H and O–H groups in total. The van der Waals surface area contributed by atoms with E-state index in [0.717, 1.165) is 22.4 Å². The summed E-state index contributed by atoms with van der Waals surface area (Å²) in [5.41, 5.74) is 3.16. The summed E-state index contributed by atoms with van der Waals surface area (Å²) in [4.78, 5) is 16.7. The zero-order valence-electron chi connectivity index (χ0n) is 13.4. The fraction of sp³-hybridized carbons (Fsp3) is 0.167. The fourth-order valence-electron chi connectivity index (χ4n) is 2.85. The monoisotopic (exact) mass is 320 g/mol. The molecule has 0 amide bonds. The number of para-hydroxylation sites is 1. The van der Waals surface area contributed by atoms with Gasteiger partial charge in [0.05, 0.1) is 23.2 Å². The molecule has 0 fully saturated rings. The number of aryl methyl sites for hydroxylation is 1. The van der Waals surface area contributed by atoms with Gasteiger partial charge < -0.3 is 4.74 Å². The third kappa shape index (κ3) is 2.15. The first-order valence-corrected chi connectivity index (χ1v) is 7.76. The van der Waals surface area contributed by atoms with Gasteiger partial charge in [0.25, 0.3) is 5.56 Å². The lowest BCUT2D eigenvalue weighted by Gasteiger charge is -2.05. The summed E-state index contributed by atoms with van der Waals surface area (Å²) in [6.45, 7) is 2.47. The molecule has 120 valence electrons. The van der Waals surface area contributed by atoms with Crippen molar-refractivity contribution < 1.29 is 4.74 Å². The van der Waals surface area contributed by atoms with Gasteiger partial charge in [-0.25, -0.2) is 9.50 Å². The summed E-state index contributed by atoms with van der Waals surface area (Å²) < 4.78 is 8.87. The second-order valence-electron chi connectivity index (χ2n) is 5.50. The van der Waals surface area contributed by atoms with Crippen molar-refractivity contribution in [3.05, 3.63) is 59.0 Å². The quantitative estimate of drug-likeness (QED) is 0.582. The lowest BCUT2D eigenvalue weighted by atomic mass is 10.2. The minimum atomic E-state index is -0.0331. The highest BCUT2D eigenvalue weighted by Crippen LogP contribution is 2.23. The number of aromatic nitrogens is 4. The molecule has 0 atom stereocenters. The van der Waals surface area contributed by atoms with Gasteiger partial charge in [0.2, 0.25) is 5.88 Å². The average molecular weight is 320 g/mol. The Morgan fingerprint density at radius 1 is 1.17 bits per heavy atom. The number of hydrogen-bond donors (Lipinski definition) is 0. The molecule has 24 heavy (non-hydrogen) atoms. The number of hydrogen-bond acceptors (Lipinski definition) is 4. The van der Waals surface area contributed by atoms with Crippen LogP contribution in [0.1, 0.15) is 6.92 Å². The molecule has 6 heteroatoms. The van der Waals surface area contributed by atoms with E-state index in [9.17, 15) is 4.79 Å². The number of rotatable bonds is 3. The van der Waals surface area contributed by atoms with Crippen LogP contribution < -0.4 is 10.3 Å². The molecular formula is C18H16N4O2. The predicted octanol–water partition coefficient (Wildman–Crippen LogP) is 2.65. The first-order chi connectivity index (χ1) is 11.7. The van der Waals surface area contributed by atoms with Gasteiger partial charge in [-0.05, 0) is 25.1 Å². The van der Waals surface area contributed by atoms with Gasteiger partial charge in [0.1, 0.15) is 5.65 Å². The van der Waals surface area contributed by atoms with Crippen molar-refractivity contribution in [2.75, 3.05) is 6.61 Å². The highest BCUT2D eigenvalue weighted by Gasteiger charge is 2.13. The molecule has 3 aromatic heterocycles. The third-order valence-electron chi connectivity index (χ3n) is 4.02. The molecule has 0 unspecified atom stereocenters. The SMILES string of the molecule is CCOc1cc(-c2cc3n(C)c(=O)c4ccccc4n3n2)ccn1. The third-order valence-corrected chi connectivity index (χ3v) is 4.02. The molecule has 3 heterocycles. The second kappa shape index (κ2) is 5.49. The van der Waals surface area contributed by atoms with E-state index in [4.69, 9.17) is 4.74 Å². The molecule has 0 saturated heterocycles. The fourth-order valence-corrected chi connectivity index (χ4v) is 2.85. The topological polar surface area (TPSA) is 61.4 Å². The first-order valence-electron chi connectivity index (χ1n) is 7.76. The summed E-state index contributed by atoms with van der Waals surface area (Å²) >= 11 is 0. The van der Waals surface area contributed by atoms with Crippen molar-refractivity contribution in [1.29, 1.82) is 0 Å². The van der Waals surface area contributed by atoms with Crippen LogP contribution in [0.4, 0.5) is 0 Å². The number of fused-ring (bicyclic) bond motifs is 3. The second-order valence-corrected chi connectivity index (χ2v) is 5.50. The van der Waals surface area contributed by atoms with Gasteiger partial charge in [0, 0.05) is 30.9 Å². The van der Waals surface area contributed by atoms with E-state index >= 15 is 0 Å². The van der Waals surface area contributed by atoms with Crippen LogP contribution in [-0.4, -0.2) is 25.8 Å². The minimum absolute atomic E-state index is 0.0331. The van der Waals surface area contributed by atoms with E-state index in [0.29, 0.717) is 17.9 Å². The Bertz CT molecular complexity index is 1110. The van der Waals surface area contributed by atoms with Crippen LogP contribution in [0.15, 0.2) is 53.5 Å². The number of pyridine rings is 1. The Balaban J connectivity index is 1.99. The largest absolute Gasteiger partial charge is 0.478 e. The molecule has 0 aliphatic carbocycles. The van der Waals surface area contributed by atoms with E-state index in [1.807, 2.05) is 49.4 Å². The number of ether oxygens (including phenoxy) is 1. The zero-order valence-corrected chi connectivity index (χ0v) is 13.4. The Hall–Kier alpha value is -3.15. The van der Waals surface area contributed by atoms with Gasteiger partial charge in [-0.3, -0.25) is 9.36 Å². The summed E-state index contributed by atoms with van der Waals surface area (Å²) in [6.07, 6.45) is 1.70. The Kier molecular flexibility index (Phi) is 3.30. The van der Waals surface area contributed by atoms with Crippen LogP contribution in [0.2, 0.25) is 0 Å². The van der Waals surface area contributed by atoms with Crippen LogP contribution in [0.5, 0.6) is 5.88 Å².